The van der Waals surface area contributed by atoms with Gasteiger partial charge in [0.05, 0.1) is 22.3 Å². The Hall–Kier alpha value is -2.90. The van der Waals surface area contributed by atoms with E-state index in [0.29, 0.717) is 13.1 Å². The van der Waals surface area contributed by atoms with Crippen molar-refractivity contribution in [3.05, 3.63) is 34.4 Å². The Labute approximate surface area is 202 Å². The number of nitrogens with one attached hydrogen (secondary N) is 2. The Morgan fingerprint density at radius 3 is 1.29 bits per heavy atom. The van der Waals surface area contributed by atoms with E-state index < -0.39 is 34.9 Å². The van der Waals surface area contributed by atoms with Gasteiger partial charge in [0.25, 0.3) is 11.8 Å². The summed E-state index contributed by atoms with van der Waals surface area (Å²) in [4.78, 5) is 49.4. The second kappa shape index (κ2) is 15.1. The van der Waals surface area contributed by atoms with E-state index in [0.717, 1.165) is 63.5 Å². The molecule has 0 aliphatic carbocycles. The number of amides is 2. The van der Waals surface area contributed by atoms with Crippen molar-refractivity contribution >= 4 is 23.8 Å². The van der Waals surface area contributed by atoms with Gasteiger partial charge in [-0.1, -0.05) is 66.2 Å². The second-order valence-electron chi connectivity index (χ2n) is 8.81. The van der Waals surface area contributed by atoms with Gasteiger partial charge in [-0.2, -0.15) is 0 Å². The van der Waals surface area contributed by atoms with Gasteiger partial charge in [-0.25, -0.2) is 9.59 Å². The molecule has 0 bridgehead atoms. The summed E-state index contributed by atoms with van der Waals surface area (Å²) in [6, 6.07) is 1.99. The van der Waals surface area contributed by atoms with Crippen molar-refractivity contribution in [2.75, 3.05) is 13.1 Å². The molecule has 2 unspecified atom stereocenters. The van der Waals surface area contributed by atoms with Crippen LogP contribution in [0.2, 0.25) is 0 Å². The van der Waals surface area contributed by atoms with Gasteiger partial charge in [0.1, 0.15) is 0 Å². The fourth-order valence-corrected chi connectivity index (χ4v) is 3.88. The number of carbonyl (C=O) groups is 4. The number of carboxylic acid groups (broad SMARTS) is 2. The van der Waals surface area contributed by atoms with E-state index in [9.17, 15) is 29.4 Å². The lowest BCUT2D eigenvalue weighted by atomic mass is 9.95. The zero-order valence-electron chi connectivity index (χ0n) is 20.9. The first kappa shape index (κ1) is 29.1. The topological polar surface area (TPSA) is 133 Å². The smallest absolute Gasteiger partial charge is 0.336 e. The number of unbranched alkanes of at least 4 members (excludes halogenated alkanes) is 2. The first-order valence-electron chi connectivity index (χ1n) is 12.4. The highest BCUT2D eigenvalue weighted by Crippen LogP contribution is 2.20. The van der Waals surface area contributed by atoms with E-state index in [2.05, 4.69) is 24.5 Å². The first-order chi connectivity index (χ1) is 16.2. The van der Waals surface area contributed by atoms with Gasteiger partial charge in [0.15, 0.2) is 0 Å². The minimum Gasteiger partial charge on any atom is -0.478 e. The lowest BCUT2D eigenvalue weighted by molar-refractivity contribution is 0.0675. The molecule has 0 saturated heterocycles. The third-order valence-electron chi connectivity index (χ3n) is 6.30. The molecule has 0 aromatic heterocycles. The molecule has 0 aliphatic rings. The van der Waals surface area contributed by atoms with Crippen LogP contribution in [-0.2, 0) is 0 Å². The molecular formula is C26H40N2O6. The molecule has 190 valence electrons. The summed E-state index contributed by atoms with van der Waals surface area (Å²) in [5, 5.41) is 24.8. The molecule has 2 amide bonds. The Balaban J connectivity index is 3.17. The van der Waals surface area contributed by atoms with Crippen LogP contribution in [0, 0.1) is 11.8 Å². The van der Waals surface area contributed by atoms with Gasteiger partial charge in [0, 0.05) is 13.1 Å². The van der Waals surface area contributed by atoms with Crippen LogP contribution in [0.15, 0.2) is 12.1 Å². The van der Waals surface area contributed by atoms with Crippen molar-refractivity contribution in [2.45, 2.75) is 79.1 Å². The van der Waals surface area contributed by atoms with Crippen molar-refractivity contribution in [3.8, 4) is 0 Å². The zero-order chi connectivity index (χ0) is 25.7. The fraction of sp³-hybridized carbons (Fsp3) is 0.615. The van der Waals surface area contributed by atoms with Crippen LogP contribution in [0.4, 0.5) is 0 Å². The molecule has 0 saturated carbocycles. The second-order valence-corrected chi connectivity index (χ2v) is 8.81. The highest BCUT2D eigenvalue weighted by molar-refractivity contribution is 6.11. The SMILES string of the molecule is CCCCC(CC)CNC(=O)c1cc(C(=O)O)c(C(=O)NCC(CC)CCCC)cc1C(=O)O. The summed E-state index contributed by atoms with van der Waals surface area (Å²) in [7, 11) is 0. The van der Waals surface area contributed by atoms with Crippen molar-refractivity contribution in [1.29, 1.82) is 0 Å². The maximum Gasteiger partial charge on any atom is 0.336 e. The van der Waals surface area contributed by atoms with E-state index in [1.54, 1.807) is 0 Å². The van der Waals surface area contributed by atoms with Crippen molar-refractivity contribution in [1.82, 2.24) is 10.6 Å². The number of carboxylic acids is 2. The first-order valence-corrected chi connectivity index (χ1v) is 12.4. The molecule has 0 heterocycles. The van der Waals surface area contributed by atoms with Gasteiger partial charge in [-0.05, 0) is 36.8 Å². The van der Waals surface area contributed by atoms with Gasteiger partial charge < -0.3 is 20.8 Å². The molecule has 1 aromatic carbocycles. The monoisotopic (exact) mass is 476 g/mol. The number of benzene rings is 1. The number of rotatable bonds is 16. The molecule has 8 heteroatoms. The summed E-state index contributed by atoms with van der Waals surface area (Å²) >= 11 is 0. The van der Waals surface area contributed by atoms with Gasteiger partial charge >= 0.3 is 11.9 Å². The predicted molar refractivity (Wildman–Crippen MR) is 132 cm³/mol. The van der Waals surface area contributed by atoms with Gasteiger partial charge in [0.2, 0.25) is 0 Å². The molecule has 1 aromatic rings. The molecule has 2 atom stereocenters. The Morgan fingerprint density at radius 1 is 0.676 bits per heavy atom. The summed E-state index contributed by atoms with van der Waals surface area (Å²) in [5.41, 5.74) is -1.32. The largest absolute Gasteiger partial charge is 0.478 e. The van der Waals surface area contributed by atoms with Crippen molar-refractivity contribution in [2.24, 2.45) is 11.8 Å². The molecule has 0 radical (unpaired) electrons. The molecule has 0 spiro atoms. The minimum absolute atomic E-state index is 0.250. The standard InChI is InChI=1S/C26H40N2O6/c1-5-9-11-17(7-3)15-27-23(29)19-13-22(26(33)34)20(14-21(19)25(31)32)24(30)28-16-18(8-4)12-10-6-2/h13-14,17-18H,5-12,15-16H2,1-4H3,(H,27,29)(H,28,30)(H,31,32)(H,33,34). The van der Waals surface area contributed by atoms with E-state index in [1.165, 1.54) is 0 Å². The fourth-order valence-electron chi connectivity index (χ4n) is 3.88. The molecule has 4 N–H and O–H groups in total. The molecule has 0 aliphatic heterocycles. The lowest BCUT2D eigenvalue weighted by Crippen LogP contribution is -2.33. The van der Waals surface area contributed by atoms with Crippen LogP contribution < -0.4 is 10.6 Å². The summed E-state index contributed by atoms with van der Waals surface area (Å²) in [6.45, 7) is 8.96. The number of hydrogen-bond acceptors (Lipinski definition) is 4. The summed E-state index contributed by atoms with van der Waals surface area (Å²) < 4.78 is 0. The molecule has 1 rings (SSSR count). The quantitative estimate of drug-likeness (QED) is 0.266. The van der Waals surface area contributed by atoms with Crippen LogP contribution in [0.1, 0.15) is 120 Å². The highest BCUT2D eigenvalue weighted by Gasteiger charge is 2.26. The Bertz CT molecular complexity index is 782. The van der Waals surface area contributed by atoms with Crippen LogP contribution in [0.3, 0.4) is 0 Å². The number of hydrogen-bond donors (Lipinski definition) is 4. The van der Waals surface area contributed by atoms with E-state index in [4.69, 9.17) is 0 Å². The lowest BCUT2D eigenvalue weighted by Gasteiger charge is -2.18. The number of aromatic carboxylic acids is 2. The van der Waals surface area contributed by atoms with Crippen molar-refractivity contribution in [3.63, 3.8) is 0 Å². The average Bonchev–Trinajstić information content (AvgIpc) is 2.82. The predicted octanol–water partition coefficient (Wildman–Crippen LogP) is 4.98. The molecular weight excluding hydrogens is 436 g/mol. The van der Waals surface area contributed by atoms with Crippen LogP contribution in [0.25, 0.3) is 0 Å². The molecule has 34 heavy (non-hydrogen) atoms. The van der Waals surface area contributed by atoms with E-state index >= 15 is 0 Å². The zero-order valence-corrected chi connectivity index (χ0v) is 20.9. The van der Waals surface area contributed by atoms with Crippen LogP contribution >= 0.6 is 0 Å². The molecule has 8 nitrogen and oxygen atoms in total. The average molecular weight is 477 g/mol. The van der Waals surface area contributed by atoms with Crippen LogP contribution in [0.5, 0.6) is 0 Å². The van der Waals surface area contributed by atoms with E-state index in [-0.39, 0.29) is 23.0 Å². The third kappa shape index (κ3) is 8.80. The minimum atomic E-state index is -1.40. The third-order valence-corrected chi connectivity index (χ3v) is 6.30. The maximum absolute atomic E-state index is 12.8. The molecule has 0 fully saturated rings. The van der Waals surface area contributed by atoms with Gasteiger partial charge in [-0.15, -0.1) is 0 Å². The maximum atomic E-state index is 12.8. The Kier molecular flexibility index (Phi) is 12.9. The Morgan fingerprint density at radius 2 is 1.03 bits per heavy atom. The van der Waals surface area contributed by atoms with Crippen molar-refractivity contribution < 1.29 is 29.4 Å². The van der Waals surface area contributed by atoms with Crippen LogP contribution in [-0.4, -0.2) is 47.1 Å². The summed E-state index contributed by atoms with van der Waals surface area (Å²) in [6.07, 6.45) is 7.74. The number of carbonyl (C=O) groups excluding carboxylic acids is 2. The van der Waals surface area contributed by atoms with Gasteiger partial charge in [-0.3, -0.25) is 9.59 Å². The summed E-state index contributed by atoms with van der Waals surface area (Å²) in [5.74, 6) is -3.62. The highest BCUT2D eigenvalue weighted by atomic mass is 16.4. The van der Waals surface area contributed by atoms with E-state index in [1.807, 2.05) is 13.8 Å². The normalized spacial score (nSPS) is 12.6.